The molecule has 4 nitrogen and oxygen atoms in total. The van der Waals surface area contributed by atoms with Crippen LogP contribution in [0.5, 0.6) is 0 Å². The molecule has 0 radical (unpaired) electrons. The Kier molecular flexibility index (Phi) is 5.74. The van der Waals surface area contributed by atoms with Gasteiger partial charge in [0.15, 0.2) is 0 Å². The first kappa shape index (κ1) is 12.8. The highest BCUT2D eigenvalue weighted by atomic mass is 32.2. The van der Waals surface area contributed by atoms with Crippen LogP contribution >= 0.6 is 0 Å². The van der Waals surface area contributed by atoms with E-state index in [1.807, 2.05) is 0 Å². The van der Waals surface area contributed by atoms with E-state index >= 15 is 0 Å². The Hall–Kier alpha value is -1.20. The second-order valence-electron chi connectivity index (χ2n) is 2.99. The van der Waals surface area contributed by atoms with Gasteiger partial charge in [-0.3, -0.25) is 0 Å². The molecule has 0 unspecified atom stereocenters. The number of benzene rings is 1. The highest BCUT2D eigenvalue weighted by Crippen LogP contribution is 2.06. The predicted octanol–water partition coefficient (Wildman–Crippen LogP) is 1.53. The number of hydrogen-bond donors (Lipinski definition) is 1. The molecule has 0 saturated carbocycles. The topological polar surface area (TPSA) is 72.5 Å². The van der Waals surface area contributed by atoms with Crippen molar-refractivity contribution in [3.05, 3.63) is 34.9 Å². The minimum atomic E-state index is -2.42. The van der Waals surface area contributed by atoms with Crippen LogP contribution in [0.1, 0.15) is 16.7 Å². The quantitative estimate of drug-likeness (QED) is 0.526. The first-order valence-corrected chi connectivity index (χ1v) is 5.04. The van der Waals surface area contributed by atoms with Crippen molar-refractivity contribution >= 4 is 10.5 Å². The van der Waals surface area contributed by atoms with Gasteiger partial charge < -0.3 is 0 Å². The van der Waals surface area contributed by atoms with Gasteiger partial charge in [0.1, 0.15) is 0 Å². The summed E-state index contributed by atoms with van der Waals surface area (Å²) in [6, 6.07) is 6.56. The second kappa shape index (κ2) is 6.28. The Morgan fingerprint density at radius 3 is 1.36 bits per heavy atom. The fourth-order valence-electron chi connectivity index (χ4n) is 1.20. The minimum Gasteiger partial charge on any atom is -0.212 e. The van der Waals surface area contributed by atoms with E-state index in [0.717, 1.165) is 0 Å². The van der Waals surface area contributed by atoms with Gasteiger partial charge in [-0.1, -0.05) is 39.4 Å². The lowest BCUT2D eigenvalue weighted by Crippen LogP contribution is -1.78. The van der Waals surface area contributed by atoms with Crippen molar-refractivity contribution in [2.75, 3.05) is 0 Å². The van der Waals surface area contributed by atoms with Gasteiger partial charge in [0.05, 0.1) is 0 Å². The molecule has 0 aliphatic carbocycles. The van der Waals surface area contributed by atoms with Crippen LogP contribution in [-0.4, -0.2) is 8.42 Å². The standard InChI is InChI=1S/C9H12.H2N2O2S/c1-7-4-8(2)6-9(3)5-7;1-2-5(3)4/h4-6H,1-3H3;1H2. The molecule has 5 heteroatoms. The van der Waals surface area contributed by atoms with Crippen molar-refractivity contribution in [3.63, 3.8) is 0 Å². The number of aryl methyl sites for hydroxylation is 3. The van der Waals surface area contributed by atoms with Crippen molar-refractivity contribution in [1.82, 2.24) is 0 Å². The summed E-state index contributed by atoms with van der Waals surface area (Å²) in [4.78, 5) is 0. The Balaban J connectivity index is 0.000000292. The first-order chi connectivity index (χ1) is 6.45. The van der Waals surface area contributed by atoms with Crippen molar-refractivity contribution in [2.45, 2.75) is 20.8 Å². The maximum absolute atomic E-state index is 9.08. The molecule has 1 aromatic carbocycles. The van der Waals surface area contributed by atoms with Crippen molar-refractivity contribution in [1.29, 1.82) is 0 Å². The van der Waals surface area contributed by atoms with Gasteiger partial charge in [0, 0.05) is 0 Å². The van der Waals surface area contributed by atoms with E-state index < -0.39 is 10.5 Å². The van der Waals surface area contributed by atoms with E-state index in [4.69, 9.17) is 8.42 Å². The van der Waals surface area contributed by atoms with Crippen LogP contribution in [0, 0.1) is 20.8 Å². The van der Waals surface area contributed by atoms with Gasteiger partial charge in [0.25, 0.3) is 0 Å². The Morgan fingerprint density at radius 1 is 1.00 bits per heavy atom. The highest BCUT2D eigenvalue weighted by Gasteiger charge is 1.87. The lowest BCUT2D eigenvalue weighted by atomic mass is 10.1. The summed E-state index contributed by atoms with van der Waals surface area (Å²) in [6.07, 6.45) is 0. The maximum atomic E-state index is 9.08. The van der Waals surface area contributed by atoms with Gasteiger partial charge in [-0.25, -0.2) is 5.84 Å². The monoisotopic (exact) mass is 214 g/mol. The fraction of sp³-hybridized carbons (Fsp3) is 0.333. The molecule has 14 heavy (non-hydrogen) atoms. The van der Waals surface area contributed by atoms with E-state index in [1.54, 1.807) is 0 Å². The minimum absolute atomic E-state index is 1.35. The van der Waals surface area contributed by atoms with E-state index in [2.05, 4.69) is 49.3 Å². The summed E-state index contributed by atoms with van der Waals surface area (Å²) < 4.78 is 20.5. The van der Waals surface area contributed by atoms with Crippen LogP contribution in [0.4, 0.5) is 0 Å². The van der Waals surface area contributed by atoms with Crippen molar-refractivity contribution < 1.29 is 8.42 Å². The van der Waals surface area contributed by atoms with Crippen LogP contribution in [0.15, 0.2) is 22.7 Å². The zero-order chi connectivity index (χ0) is 11.1. The SMILES string of the molecule is Cc1cc(C)cc(C)c1.NN=S(=O)=O. The van der Waals surface area contributed by atoms with Crippen LogP contribution in [-0.2, 0) is 10.5 Å². The molecule has 0 bridgehead atoms. The average Bonchev–Trinajstić information content (AvgIpc) is 2.02. The van der Waals surface area contributed by atoms with E-state index in [0.29, 0.717) is 0 Å². The molecular formula is C9H14N2O2S. The number of hydrogen-bond acceptors (Lipinski definition) is 3. The van der Waals surface area contributed by atoms with Gasteiger partial charge in [-0.2, -0.15) is 8.42 Å². The largest absolute Gasteiger partial charge is 0.327 e. The van der Waals surface area contributed by atoms with Gasteiger partial charge in [-0.05, 0) is 20.8 Å². The number of nitrogens with two attached hydrogens (primary N) is 1. The maximum Gasteiger partial charge on any atom is 0.327 e. The van der Waals surface area contributed by atoms with Crippen LogP contribution in [0.25, 0.3) is 0 Å². The zero-order valence-electron chi connectivity index (χ0n) is 8.48. The molecule has 1 aromatic rings. The summed E-state index contributed by atoms with van der Waals surface area (Å²) in [5.74, 6) is 4.18. The fourth-order valence-corrected chi connectivity index (χ4v) is 1.20. The van der Waals surface area contributed by atoms with Crippen LogP contribution in [0.2, 0.25) is 0 Å². The molecule has 0 amide bonds. The van der Waals surface area contributed by atoms with Crippen LogP contribution < -0.4 is 5.84 Å². The Bertz CT molecular complexity index is 366. The molecule has 0 atom stereocenters. The average molecular weight is 214 g/mol. The smallest absolute Gasteiger partial charge is 0.212 e. The third kappa shape index (κ3) is 6.33. The second-order valence-corrected chi connectivity index (χ2v) is 3.63. The molecule has 2 N–H and O–H groups in total. The zero-order valence-corrected chi connectivity index (χ0v) is 9.30. The molecular weight excluding hydrogens is 200 g/mol. The molecule has 0 heterocycles. The summed E-state index contributed by atoms with van der Waals surface area (Å²) >= 11 is 0. The third-order valence-electron chi connectivity index (χ3n) is 1.45. The molecule has 0 aromatic heterocycles. The number of rotatable bonds is 0. The molecule has 78 valence electrons. The number of nitrogens with zero attached hydrogens (tertiary/aromatic N) is 1. The van der Waals surface area contributed by atoms with E-state index in [-0.39, 0.29) is 0 Å². The summed E-state index contributed by atoms with van der Waals surface area (Å²) in [6.45, 7) is 6.38. The van der Waals surface area contributed by atoms with Crippen molar-refractivity contribution in [2.24, 2.45) is 10.3 Å². The van der Waals surface area contributed by atoms with E-state index in [9.17, 15) is 0 Å². The Morgan fingerprint density at radius 2 is 1.21 bits per heavy atom. The third-order valence-corrected chi connectivity index (χ3v) is 1.62. The first-order valence-electron chi connectivity index (χ1n) is 4.01. The molecule has 0 fully saturated rings. The highest BCUT2D eigenvalue weighted by molar-refractivity contribution is 7.61. The van der Waals surface area contributed by atoms with Gasteiger partial charge in [-0.15, -0.1) is 0 Å². The molecule has 0 saturated heterocycles. The summed E-state index contributed by atoms with van der Waals surface area (Å²) in [5.41, 5.74) is 4.06. The summed E-state index contributed by atoms with van der Waals surface area (Å²) in [7, 11) is -2.42. The van der Waals surface area contributed by atoms with Gasteiger partial charge in [0.2, 0.25) is 0 Å². The van der Waals surface area contributed by atoms with E-state index in [1.165, 1.54) is 16.7 Å². The normalized spacial score (nSPS) is 8.57. The molecule has 1 rings (SSSR count). The Labute approximate surface area is 85.4 Å². The molecule has 0 spiro atoms. The lowest BCUT2D eigenvalue weighted by Gasteiger charge is -1.96. The van der Waals surface area contributed by atoms with Crippen molar-refractivity contribution in [3.8, 4) is 0 Å². The molecule has 0 aliphatic heterocycles. The lowest BCUT2D eigenvalue weighted by molar-refractivity contribution is 0.620. The van der Waals surface area contributed by atoms with Gasteiger partial charge >= 0.3 is 10.5 Å². The predicted molar refractivity (Wildman–Crippen MR) is 56.2 cm³/mol. The molecule has 0 aliphatic rings. The summed E-state index contributed by atoms with van der Waals surface area (Å²) in [5, 5.41) is 0. The van der Waals surface area contributed by atoms with Crippen LogP contribution in [0.3, 0.4) is 0 Å².